The molecule has 0 nitrogen and oxygen atoms in total. The molecule has 1 aromatic rings. The van der Waals surface area contributed by atoms with Crippen LogP contribution in [-0.2, 0) is 6.42 Å². The lowest BCUT2D eigenvalue weighted by molar-refractivity contribution is 0.831. The maximum Gasteiger partial charge on any atom is 0.00844 e. The monoisotopic (exact) mass is 300 g/mol. The lowest BCUT2D eigenvalue weighted by atomic mass is 10.00. The SMILES string of the molecule is C=Cc1ccc(C)cc1CCC(C)I. The maximum atomic E-state index is 3.85. The van der Waals surface area contributed by atoms with Gasteiger partial charge in [-0.15, -0.1) is 0 Å². The van der Waals surface area contributed by atoms with Crippen molar-refractivity contribution in [2.24, 2.45) is 0 Å². The van der Waals surface area contributed by atoms with E-state index >= 15 is 0 Å². The Hall–Kier alpha value is -0.310. The highest BCUT2D eigenvalue weighted by molar-refractivity contribution is 14.1. The first-order valence-corrected chi connectivity index (χ1v) is 6.24. The summed E-state index contributed by atoms with van der Waals surface area (Å²) >= 11 is 2.48. The molecular formula is C13H17I. The number of rotatable bonds is 4. The predicted octanol–water partition coefficient (Wildman–Crippen LogP) is 4.39. The van der Waals surface area contributed by atoms with Crippen molar-refractivity contribution in [3.05, 3.63) is 41.5 Å². The van der Waals surface area contributed by atoms with Crippen LogP contribution < -0.4 is 0 Å². The number of hydrogen-bond acceptors (Lipinski definition) is 0. The molecule has 1 atom stereocenters. The summed E-state index contributed by atoms with van der Waals surface area (Å²) in [6.07, 6.45) is 4.35. The van der Waals surface area contributed by atoms with Crippen molar-refractivity contribution in [2.45, 2.75) is 30.6 Å². The first-order valence-electron chi connectivity index (χ1n) is 4.99. The van der Waals surface area contributed by atoms with Gasteiger partial charge in [0.05, 0.1) is 0 Å². The highest BCUT2D eigenvalue weighted by Gasteiger charge is 2.02. The Morgan fingerprint density at radius 1 is 1.50 bits per heavy atom. The van der Waals surface area contributed by atoms with Gasteiger partial charge in [0.1, 0.15) is 0 Å². The van der Waals surface area contributed by atoms with Gasteiger partial charge in [0.15, 0.2) is 0 Å². The molecule has 1 unspecified atom stereocenters. The van der Waals surface area contributed by atoms with Gasteiger partial charge in [0.25, 0.3) is 0 Å². The molecule has 0 fully saturated rings. The van der Waals surface area contributed by atoms with Gasteiger partial charge >= 0.3 is 0 Å². The summed E-state index contributed by atoms with van der Waals surface area (Å²) in [4.78, 5) is 0. The lowest BCUT2D eigenvalue weighted by Gasteiger charge is -2.08. The van der Waals surface area contributed by atoms with Crippen molar-refractivity contribution in [3.8, 4) is 0 Å². The molecule has 0 aliphatic rings. The smallest absolute Gasteiger partial charge is 0.00844 e. The predicted molar refractivity (Wildman–Crippen MR) is 73.1 cm³/mol. The summed E-state index contributed by atoms with van der Waals surface area (Å²) in [5.41, 5.74) is 4.06. The number of hydrogen-bond donors (Lipinski definition) is 0. The highest BCUT2D eigenvalue weighted by atomic mass is 127. The van der Waals surface area contributed by atoms with Crippen molar-refractivity contribution >= 4 is 28.7 Å². The molecule has 0 aliphatic heterocycles. The van der Waals surface area contributed by atoms with Crippen LogP contribution in [0.25, 0.3) is 6.08 Å². The van der Waals surface area contributed by atoms with E-state index in [2.05, 4.69) is 61.2 Å². The van der Waals surface area contributed by atoms with Crippen LogP contribution in [-0.4, -0.2) is 3.92 Å². The second kappa shape index (κ2) is 5.54. The zero-order valence-corrected chi connectivity index (χ0v) is 11.0. The van der Waals surface area contributed by atoms with Gasteiger partial charge in [0, 0.05) is 3.92 Å². The number of halogens is 1. The van der Waals surface area contributed by atoms with Crippen molar-refractivity contribution in [1.82, 2.24) is 0 Å². The van der Waals surface area contributed by atoms with Gasteiger partial charge in [-0.2, -0.15) is 0 Å². The average molecular weight is 300 g/mol. The first kappa shape index (κ1) is 11.8. The number of aryl methyl sites for hydroxylation is 2. The Balaban J connectivity index is 2.82. The summed E-state index contributed by atoms with van der Waals surface area (Å²) in [6.45, 7) is 8.24. The molecule has 0 spiro atoms. The van der Waals surface area contributed by atoms with Crippen molar-refractivity contribution in [2.75, 3.05) is 0 Å². The number of benzene rings is 1. The minimum Gasteiger partial charge on any atom is -0.0985 e. The lowest BCUT2D eigenvalue weighted by Crippen LogP contribution is -1.96. The minimum absolute atomic E-state index is 0.741. The minimum atomic E-state index is 0.741. The Labute approximate surface area is 101 Å². The van der Waals surface area contributed by atoms with E-state index in [0.717, 1.165) is 10.3 Å². The van der Waals surface area contributed by atoms with Gasteiger partial charge < -0.3 is 0 Å². The molecule has 1 heteroatoms. The molecule has 76 valence electrons. The van der Waals surface area contributed by atoms with Crippen LogP contribution in [0, 0.1) is 6.92 Å². The fraction of sp³-hybridized carbons (Fsp3) is 0.385. The molecule has 0 aromatic heterocycles. The van der Waals surface area contributed by atoms with Crippen LogP contribution in [0.1, 0.15) is 30.0 Å². The van der Waals surface area contributed by atoms with Gasteiger partial charge in [-0.25, -0.2) is 0 Å². The Bertz CT molecular complexity index is 313. The normalized spacial score (nSPS) is 12.5. The van der Waals surface area contributed by atoms with E-state index in [1.807, 2.05) is 6.08 Å². The Morgan fingerprint density at radius 2 is 2.21 bits per heavy atom. The fourth-order valence-electron chi connectivity index (χ4n) is 1.50. The molecule has 0 saturated heterocycles. The first-order chi connectivity index (χ1) is 6.63. The van der Waals surface area contributed by atoms with E-state index in [1.54, 1.807) is 0 Å². The molecule has 1 aromatic carbocycles. The maximum absolute atomic E-state index is 3.85. The topological polar surface area (TPSA) is 0 Å². The van der Waals surface area contributed by atoms with Crippen LogP contribution in [0.5, 0.6) is 0 Å². The van der Waals surface area contributed by atoms with E-state index < -0.39 is 0 Å². The quantitative estimate of drug-likeness (QED) is 0.571. The van der Waals surface area contributed by atoms with Crippen LogP contribution in [0.4, 0.5) is 0 Å². The molecule has 0 heterocycles. The summed E-state index contributed by atoms with van der Waals surface area (Å²) < 4.78 is 0.741. The summed E-state index contributed by atoms with van der Waals surface area (Å²) in [7, 11) is 0. The zero-order chi connectivity index (χ0) is 10.6. The van der Waals surface area contributed by atoms with Crippen LogP contribution in [0.15, 0.2) is 24.8 Å². The summed E-state index contributed by atoms with van der Waals surface area (Å²) in [5.74, 6) is 0. The van der Waals surface area contributed by atoms with Gasteiger partial charge in [0.2, 0.25) is 0 Å². The second-order valence-electron chi connectivity index (χ2n) is 3.73. The van der Waals surface area contributed by atoms with Crippen LogP contribution >= 0.6 is 22.6 Å². The third-order valence-electron chi connectivity index (χ3n) is 2.33. The third-order valence-corrected chi connectivity index (χ3v) is 2.95. The highest BCUT2D eigenvalue weighted by Crippen LogP contribution is 2.17. The molecule has 0 saturated carbocycles. The largest absolute Gasteiger partial charge is 0.0985 e. The summed E-state index contributed by atoms with van der Waals surface area (Å²) in [5, 5.41) is 0. The van der Waals surface area contributed by atoms with Gasteiger partial charge in [-0.05, 0) is 30.9 Å². The molecule has 0 bridgehead atoms. The molecule has 0 aliphatic carbocycles. The van der Waals surface area contributed by atoms with E-state index in [-0.39, 0.29) is 0 Å². The van der Waals surface area contributed by atoms with Crippen molar-refractivity contribution in [3.63, 3.8) is 0 Å². The Kier molecular flexibility index (Phi) is 4.66. The molecule has 0 amide bonds. The third kappa shape index (κ3) is 3.45. The molecule has 14 heavy (non-hydrogen) atoms. The van der Waals surface area contributed by atoms with E-state index in [9.17, 15) is 0 Å². The van der Waals surface area contributed by atoms with E-state index in [1.165, 1.54) is 23.1 Å². The zero-order valence-electron chi connectivity index (χ0n) is 8.89. The average Bonchev–Trinajstić information content (AvgIpc) is 2.15. The van der Waals surface area contributed by atoms with E-state index in [0.29, 0.717) is 0 Å². The van der Waals surface area contributed by atoms with Gasteiger partial charge in [-0.3, -0.25) is 0 Å². The van der Waals surface area contributed by atoms with Crippen molar-refractivity contribution in [1.29, 1.82) is 0 Å². The molecular weight excluding hydrogens is 283 g/mol. The number of alkyl halides is 1. The van der Waals surface area contributed by atoms with Gasteiger partial charge in [-0.1, -0.05) is 65.9 Å². The van der Waals surface area contributed by atoms with E-state index in [4.69, 9.17) is 0 Å². The summed E-state index contributed by atoms with van der Waals surface area (Å²) in [6, 6.07) is 6.58. The van der Waals surface area contributed by atoms with Crippen LogP contribution in [0.2, 0.25) is 0 Å². The standard InChI is InChI=1S/C13H17I/c1-4-12-7-5-10(2)9-13(12)8-6-11(3)14/h4-5,7,9,11H,1,6,8H2,2-3H3. The Morgan fingerprint density at radius 3 is 2.79 bits per heavy atom. The van der Waals surface area contributed by atoms with Crippen molar-refractivity contribution < 1.29 is 0 Å². The van der Waals surface area contributed by atoms with Crippen LogP contribution in [0.3, 0.4) is 0 Å². The molecule has 0 N–H and O–H groups in total. The molecule has 1 rings (SSSR count). The second-order valence-corrected chi connectivity index (χ2v) is 5.85. The fourth-order valence-corrected chi connectivity index (χ4v) is 1.82. The molecule has 0 radical (unpaired) electrons.